The molecule has 0 unspecified atom stereocenters. The van der Waals surface area contributed by atoms with Gasteiger partial charge in [0.2, 0.25) is 0 Å². The molecule has 5 nitrogen and oxygen atoms in total. The Morgan fingerprint density at radius 2 is 1.96 bits per heavy atom. The first-order chi connectivity index (χ1) is 11.2. The van der Waals surface area contributed by atoms with E-state index in [0.717, 1.165) is 32.7 Å². The molecule has 0 spiro atoms. The quantitative estimate of drug-likeness (QED) is 0.870. The summed E-state index contributed by atoms with van der Waals surface area (Å²) in [5.41, 5.74) is 2.44. The fraction of sp³-hybridized carbons (Fsp3) is 0.333. The Kier molecular flexibility index (Phi) is 4.88. The van der Waals surface area contributed by atoms with E-state index in [1.807, 2.05) is 23.1 Å². The minimum absolute atomic E-state index is 0.0169. The second kappa shape index (κ2) is 7.24. The van der Waals surface area contributed by atoms with Crippen LogP contribution >= 0.6 is 0 Å². The van der Waals surface area contributed by atoms with Crippen LogP contribution in [0.15, 0.2) is 47.2 Å². The summed E-state index contributed by atoms with van der Waals surface area (Å²) in [4.78, 5) is 16.6. The summed E-state index contributed by atoms with van der Waals surface area (Å²) in [6.07, 6.45) is 5.75. The van der Waals surface area contributed by atoms with Crippen molar-refractivity contribution in [2.24, 2.45) is 0 Å². The smallest absolute Gasteiger partial charge is 0.259 e. The van der Waals surface area contributed by atoms with E-state index in [4.69, 9.17) is 4.52 Å². The van der Waals surface area contributed by atoms with Gasteiger partial charge in [-0.2, -0.15) is 0 Å². The molecule has 0 atom stereocenters. The molecule has 0 bridgehead atoms. The summed E-state index contributed by atoms with van der Waals surface area (Å²) in [5, 5.41) is 3.77. The van der Waals surface area contributed by atoms with E-state index in [1.54, 1.807) is 6.92 Å². The standard InChI is InChI=1S/C18H21N3O2/c1-15-17(14-23-19-15)18(22)21-12-10-20(11-13-21)9-5-8-16-6-3-2-4-7-16/h2-8,14H,9-13H2,1H3/b8-5+. The highest BCUT2D eigenvalue weighted by Crippen LogP contribution is 2.12. The molecule has 5 heteroatoms. The van der Waals surface area contributed by atoms with Gasteiger partial charge in [-0.05, 0) is 12.5 Å². The summed E-state index contributed by atoms with van der Waals surface area (Å²) in [5.74, 6) is 0.0169. The van der Waals surface area contributed by atoms with Gasteiger partial charge in [0.1, 0.15) is 11.8 Å². The van der Waals surface area contributed by atoms with Gasteiger partial charge >= 0.3 is 0 Å². The molecule has 2 heterocycles. The number of nitrogens with zero attached hydrogens (tertiary/aromatic N) is 3. The molecule has 3 rings (SSSR count). The van der Waals surface area contributed by atoms with E-state index in [9.17, 15) is 4.79 Å². The van der Waals surface area contributed by atoms with Crippen molar-refractivity contribution in [2.75, 3.05) is 32.7 Å². The Bertz CT molecular complexity index is 671. The summed E-state index contributed by atoms with van der Waals surface area (Å²) in [6, 6.07) is 10.3. The van der Waals surface area contributed by atoms with Crippen LogP contribution in [0.1, 0.15) is 21.6 Å². The van der Waals surface area contributed by atoms with E-state index in [2.05, 4.69) is 34.3 Å². The number of carbonyl (C=O) groups excluding carboxylic acids is 1. The summed E-state index contributed by atoms with van der Waals surface area (Å²) in [6.45, 7) is 5.94. The first kappa shape index (κ1) is 15.5. The van der Waals surface area contributed by atoms with Crippen LogP contribution in [0.3, 0.4) is 0 Å². The molecule has 1 aliphatic heterocycles. The third kappa shape index (κ3) is 3.87. The largest absolute Gasteiger partial charge is 0.364 e. The molecule has 0 aliphatic carbocycles. The van der Waals surface area contributed by atoms with Gasteiger partial charge in [0, 0.05) is 32.7 Å². The van der Waals surface area contributed by atoms with Gasteiger partial charge in [0.05, 0.1) is 5.69 Å². The second-order valence-electron chi connectivity index (χ2n) is 5.72. The van der Waals surface area contributed by atoms with E-state index < -0.39 is 0 Å². The molecule has 1 aromatic carbocycles. The molecule has 1 saturated heterocycles. The number of aryl methyl sites for hydroxylation is 1. The number of carbonyl (C=O) groups is 1. The molecular weight excluding hydrogens is 290 g/mol. The lowest BCUT2D eigenvalue weighted by Gasteiger charge is -2.34. The van der Waals surface area contributed by atoms with Crippen LogP contribution in [-0.4, -0.2) is 53.6 Å². The molecule has 120 valence electrons. The van der Waals surface area contributed by atoms with E-state index >= 15 is 0 Å². The third-order valence-corrected chi connectivity index (χ3v) is 4.11. The molecule has 23 heavy (non-hydrogen) atoms. The lowest BCUT2D eigenvalue weighted by Crippen LogP contribution is -2.48. The molecule has 1 aromatic heterocycles. The Morgan fingerprint density at radius 1 is 1.22 bits per heavy atom. The predicted molar refractivity (Wildman–Crippen MR) is 89.1 cm³/mol. The lowest BCUT2D eigenvalue weighted by atomic mass is 10.2. The zero-order valence-electron chi connectivity index (χ0n) is 13.3. The minimum Gasteiger partial charge on any atom is -0.364 e. The third-order valence-electron chi connectivity index (χ3n) is 4.11. The van der Waals surface area contributed by atoms with Crippen molar-refractivity contribution >= 4 is 12.0 Å². The first-order valence-corrected chi connectivity index (χ1v) is 7.88. The van der Waals surface area contributed by atoms with Crippen molar-refractivity contribution in [3.8, 4) is 0 Å². The summed E-state index contributed by atoms with van der Waals surface area (Å²) >= 11 is 0. The van der Waals surface area contributed by atoms with E-state index in [-0.39, 0.29) is 5.91 Å². The zero-order chi connectivity index (χ0) is 16.1. The van der Waals surface area contributed by atoms with Gasteiger partial charge in [-0.3, -0.25) is 9.69 Å². The van der Waals surface area contributed by atoms with Crippen molar-refractivity contribution in [1.82, 2.24) is 15.0 Å². The Hall–Kier alpha value is -2.40. The van der Waals surface area contributed by atoms with Gasteiger partial charge in [0.15, 0.2) is 0 Å². The van der Waals surface area contributed by atoms with E-state index in [0.29, 0.717) is 11.3 Å². The van der Waals surface area contributed by atoms with Crippen molar-refractivity contribution in [1.29, 1.82) is 0 Å². The Morgan fingerprint density at radius 3 is 2.61 bits per heavy atom. The highest BCUT2D eigenvalue weighted by molar-refractivity contribution is 5.94. The normalized spacial score (nSPS) is 16.1. The number of piperazine rings is 1. The van der Waals surface area contributed by atoms with E-state index in [1.165, 1.54) is 11.8 Å². The maximum Gasteiger partial charge on any atom is 0.259 e. The fourth-order valence-electron chi connectivity index (χ4n) is 2.70. The van der Waals surface area contributed by atoms with Gasteiger partial charge in [-0.1, -0.05) is 47.6 Å². The van der Waals surface area contributed by atoms with Crippen LogP contribution in [0.2, 0.25) is 0 Å². The topological polar surface area (TPSA) is 49.6 Å². The minimum atomic E-state index is 0.0169. The Labute approximate surface area is 136 Å². The van der Waals surface area contributed by atoms with Crippen molar-refractivity contribution in [3.63, 3.8) is 0 Å². The molecule has 2 aromatic rings. The number of hydrogen-bond donors (Lipinski definition) is 0. The maximum absolute atomic E-state index is 12.4. The van der Waals surface area contributed by atoms with Crippen LogP contribution in [0.25, 0.3) is 6.08 Å². The molecule has 0 radical (unpaired) electrons. The SMILES string of the molecule is Cc1nocc1C(=O)N1CCN(C/C=C/c2ccccc2)CC1. The maximum atomic E-state index is 12.4. The number of rotatable bonds is 4. The number of benzene rings is 1. The average Bonchev–Trinajstić information content (AvgIpc) is 3.02. The average molecular weight is 311 g/mol. The molecular formula is C18H21N3O2. The van der Waals surface area contributed by atoms with Gasteiger partial charge in [-0.15, -0.1) is 0 Å². The van der Waals surface area contributed by atoms with Crippen LogP contribution in [0.4, 0.5) is 0 Å². The van der Waals surface area contributed by atoms with Crippen LogP contribution < -0.4 is 0 Å². The molecule has 0 N–H and O–H groups in total. The highest BCUT2D eigenvalue weighted by Gasteiger charge is 2.24. The lowest BCUT2D eigenvalue weighted by molar-refractivity contribution is 0.0649. The molecule has 1 amide bonds. The van der Waals surface area contributed by atoms with Crippen LogP contribution in [0, 0.1) is 6.92 Å². The van der Waals surface area contributed by atoms with Gasteiger partial charge in [-0.25, -0.2) is 0 Å². The van der Waals surface area contributed by atoms with Crippen molar-refractivity contribution in [3.05, 3.63) is 59.5 Å². The summed E-state index contributed by atoms with van der Waals surface area (Å²) < 4.78 is 4.86. The number of aromatic nitrogens is 1. The van der Waals surface area contributed by atoms with Crippen LogP contribution in [0.5, 0.6) is 0 Å². The first-order valence-electron chi connectivity index (χ1n) is 7.88. The number of amides is 1. The predicted octanol–water partition coefficient (Wildman–Crippen LogP) is 2.45. The molecule has 1 aliphatic rings. The van der Waals surface area contributed by atoms with Gasteiger partial charge < -0.3 is 9.42 Å². The second-order valence-corrected chi connectivity index (χ2v) is 5.72. The van der Waals surface area contributed by atoms with Gasteiger partial charge in [0.25, 0.3) is 5.91 Å². The molecule has 1 fully saturated rings. The Balaban J connectivity index is 1.48. The highest BCUT2D eigenvalue weighted by atomic mass is 16.5. The van der Waals surface area contributed by atoms with Crippen molar-refractivity contribution < 1.29 is 9.32 Å². The number of hydrogen-bond acceptors (Lipinski definition) is 4. The van der Waals surface area contributed by atoms with Crippen LogP contribution in [-0.2, 0) is 0 Å². The van der Waals surface area contributed by atoms with Crippen molar-refractivity contribution in [2.45, 2.75) is 6.92 Å². The fourth-order valence-corrected chi connectivity index (χ4v) is 2.70. The summed E-state index contributed by atoms with van der Waals surface area (Å²) in [7, 11) is 0. The zero-order valence-corrected chi connectivity index (χ0v) is 13.3. The monoisotopic (exact) mass is 311 g/mol. The molecule has 0 saturated carbocycles.